The van der Waals surface area contributed by atoms with Gasteiger partial charge < -0.3 is 9.80 Å². The van der Waals surface area contributed by atoms with Crippen LogP contribution in [0.1, 0.15) is 44.5 Å². The predicted molar refractivity (Wildman–Crippen MR) is 376 cm³/mol. The lowest BCUT2D eigenvalue weighted by molar-refractivity contribution is 0.733. The van der Waals surface area contributed by atoms with Gasteiger partial charge in [0.1, 0.15) is 0 Å². The van der Waals surface area contributed by atoms with Gasteiger partial charge in [-0.05, 0) is 154 Å². The highest BCUT2D eigenvalue weighted by atomic mass is 15.2. The van der Waals surface area contributed by atoms with Crippen molar-refractivity contribution in [2.24, 2.45) is 0 Å². The van der Waals surface area contributed by atoms with Crippen molar-refractivity contribution in [1.82, 2.24) is 0 Å². The van der Waals surface area contributed by atoms with Gasteiger partial charge >= 0.3 is 0 Å². The third-order valence-electron chi connectivity index (χ3n) is 19.2. The van der Waals surface area contributed by atoms with Crippen LogP contribution >= 0.6 is 0 Å². The number of anilines is 6. The van der Waals surface area contributed by atoms with E-state index in [2.05, 4.69) is 374 Å². The van der Waals surface area contributed by atoms with Gasteiger partial charge in [-0.25, -0.2) is 0 Å². The van der Waals surface area contributed by atoms with Crippen molar-refractivity contribution in [1.29, 1.82) is 0 Å². The maximum absolute atomic E-state index is 2.55. The summed E-state index contributed by atoms with van der Waals surface area (Å²) in [5, 5.41) is 4.72. The van der Waals surface area contributed by atoms with E-state index in [1.54, 1.807) is 0 Å². The number of hydrogen-bond donors (Lipinski definition) is 0. The molecule has 17 rings (SSSR count). The maximum Gasteiger partial charge on any atom is 0.0748 e. The first-order valence-corrected chi connectivity index (χ1v) is 31.2. The van der Waals surface area contributed by atoms with Crippen LogP contribution in [0.3, 0.4) is 0 Å². The topological polar surface area (TPSA) is 6.48 Å². The largest absolute Gasteiger partial charge is 0.310 e. The van der Waals surface area contributed by atoms with Gasteiger partial charge in [0.05, 0.1) is 33.6 Å². The lowest BCUT2D eigenvalue weighted by Gasteiger charge is -2.47. The van der Waals surface area contributed by atoms with Crippen LogP contribution in [0.4, 0.5) is 34.1 Å². The molecule has 2 aliphatic rings. The molecule has 2 heteroatoms. The van der Waals surface area contributed by atoms with Crippen molar-refractivity contribution < 1.29 is 0 Å². The van der Waals surface area contributed by atoms with E-state index in [1.165, 1.54) is 93.9 Å². The zero-order chi connectivity index (χ0) is 59.6. The molecular weight excluding hydrogens is 1080 g/mol. The molecule has 0 amide bonds. The van der Waals surface area contributed by atoms with Crippen LogP contribution in [-0.2, 0) is 10.8 Å². The smallest absolute Gasteiger partial charge is 0.0748 e. The molecule has 0 atom stereocenters. The molecule has 0 aromatic heterocycles. The van der Waals surface area contributed by atoms with Crippen molar-refractivity contribution in [2.75, 3.05) is 9.80 Å². The Bertz CT molecular complexity index is 4780. The number of rotatable bonds is 10. The predicted octanol–water partition coefficient (Wildman–Crippen LogP) is 23.0. The average Bonchev–Trinajstić information content (AvgIpc) is 0.700. The normalized spacial score (nSPS) is 13.5. The quantitative estimate of drug-likeness (QED) is 0.126. The molecule has 2 heterocycles. The van der Waals surface area contributed by atoms with Crippen molar-refractivity contribution in [3.05, 3.63) is 408 Å². The van der Waals surface area contributed by atoms with Crippen LogP contribution in [0.2, 0.25) is 0 Å². The molecule has 15 aromatic rings. The van der Waals surface area contributed by atoms with Gasteiger partial charge in [0.25, 0.3) is 0 Å². The third-order valence-corrected chi connectivity index (χ3v) is 19.2. The molecule has 2 aliphatic heterocycles. The standard InChI is InChI=1S/C88H60N2/c1-8-30-61(31-9-1)62-56-58-63(59-57-62)84-72-46-26-44-70(74-48-28-54-82-85(74)87(64-32-10-2-11-33-64,65-34-12-3-13-35-65)78-50-22-24-52-80(78)89(82)68-40-18-6-19-41-68)76(72)60-77-71(45-27-47-73(77)84)75-49-29-55-83-86(75)88(66-36-14-4-15-37-66,67-38-16-5-17-39-67)79-51-23-25-53-81(79)90(83)69-42-20-7-21-43-69/h1-60H. The zero-order valence-electron chi connectivity index (χ0n) is 49.5. The minimum atomic E-state index is -0.751. The second-order valence-electron chi connectivity index (χ2n) is 23.7. The van der Waals surface area contributed by atoms with Crippen molar-refractivity contribution in [3.63, 3.8) is 0 Å². The molecule has 0 spiro atoms. The SMILES string of the molecule is c1ccc(-c2ccc(-c3c4cccc(-c5cccc6c5C(c5ccccc5)(c5ccccc5)c5ccccc5N6c5ccccc5)c4cc4c(-c5cccc6c5C(c5ccccc5)(c5ccccc5)c5ccccc5N6c5ccccc5)cccc34)cc2)cc1. The average molecular weight is 1150 g/mol. The molecule has 0 radical (unpaired) electrons. The number of para-hydroxylation sites is 4. The molecule has 2 nitrogen and oxygen atoms in total. The minimum Gasteiger partial charge on any atom is -0.310 e. The summed E-state index contributed by atoms with van der Waals surface area (Å²) in [6.45, 7) is 0. The van der Waals surface area contributed by atoms with Crippen LogP contribution in [-0.4, -0.2) is 0 Å². The highest BCUT2D eigenvalue weighted by molar-refractivity contribution is 6.20. The van der Waals surface area contributed by atoms with Gasteiger partial charge in [0, 0.05) is 22.5 Å². The third kappa shape index (κ3) is 8.05. The molecular formula is C88H60N2. The maximum atomic E-state index is 2.55. The summed E-state index contributed by atoms with van der Waals surface area (Å²) >= 11 is 0. The number of nitrogens with zero attached hydrogens (tertiary/aromatic N) is 2. The summed E-state index contributed by atoms with van der Waals surface area (Å²) < 4.78 is 0. The van der Waals surface area contributed by atoms with E-state index in [0.717, 1.165) is 50.8 Å². The molecule has 0 unspecified atom stereocenters. The Morgan fingerprint density at radius 3 is 0.900 bits per heavy atom. The summed E-state index contributed by atoms with van der Waals surface area (Å²) in [7, 11) is 0. The first-order valence-electron chi connectivity index (χ1n) is 31.2. The van der Waals surface area contributed by atoms with Crippen LogP contribution in [0.15, 0.2) is 364 Å². The molecule has 0 fully saturated rings. The van der Waals surface area contributed by atoms with Gasteiger partial charge in [0.15, 0.2) is 0 Å². The minimum absolute atomic E-state index is 0.751. The van der Waals surface area contributed by atoms with Crippen LogP contribution in [0.5, 0.6) is 0 Å². The second-order valence-corrected chi connectivity index (χ2v) is 23.7. The first kappa shape index (κ1) is 52.7. The lowest BCUT2D eigenvalue weighted by Crippen LogP contribution is -2.38. The Kier molecular flexibility index (Phi) is 12.7. The summed E-state index contributed by atoms with van der Waals surface area (Å²) in [6, 6.07) is 136. The molecule has 0 saturated carbocycles. The Labute approximate surface area is 526 Å². The molecule has 0 saturated heterocycles. The highest BCUT2D eigenvalue weighted by Gasteiger charge is 2.50. The second kappa shape index (κ2) is 21.7. The Balaban J connectivity index is 1.02. The van der Waals surface area contributed by atoms with Gasteiger partial charge in [0.2, 0.25) is 0 Å². The van der Waals surface area contributed by atoms with E-state index in [-0.39, 0.29) is 0 Å². The first-order chi connectivity index (χ1) is 44.7. The highest BCUT2D eigenvalue weighted by Crippen LogP contribution is 2.63. The Morgan fingerprint density at radius 1 is 0.200 bits per heavy atom. The fourth-order valence-corrected chi connectivity index (χ4v) is 15.6. The van der Waals surface area contributed by atoms with E-state index in [1.807, 2.05) is 0 Å². The number of hydrogen-bond acceptors (Lipinski definition) is 2. The monoisotopic (exact) mass is 1140 g/mol. The zero-order valence-corrected chi connectivity index (χ0v) is 49.5. The van der Waals surface area contributed by atoms with Crippen molar-refractivity contribution in [3.8, 4) is 44.5 Å². The fraction of sp³-hybridized carbons (Fsp3) is 0.0227. The van der Waals surface area contributed by atoms with Gasteiger partial charge in [-0.2, -0.15) is 0 Å². The molecule has 0 N–H and O–H groups in total. The van der Waals surface area contributed by atoms with Gasteiger partial charge in [-0.1, -0.05) is 309 Å². The molecule has 0 bridgehead atoms. The van der Waals surface area contributed by atoms with Gasteiger partial charge in [-0.15, -0.1) is 0 Å². The molecule has 422 valence electrons. The van der Waals surface area contributed by atoms with Crippen molar-refractivity contribution in [2.45, 2.75) is 10.8 Å². The summed E-state index contributed by atoms with van der Waals surface area (Å²) in [6.07, 6.45) is 0. The molecule has 15 aromatic carbocycles. The van der Waals surface area contributed by atoms with E-state index in [0.29, 0.717) is 0 Å². The van der Waals surface area contributed by atoms with Crippen LogP contribution < -0.4 is 9.80 Å². The summed E-state index contributed by atoms with van der Waals surface area (Å²) in [4.78, 5) is 5.00. The van der Waals surface area contributed by atoms with Crippen molar-refractivity contribution >= 4 is 55.7 Å². The van der Waals surface area contributed by atoms with E-state index < -0.39 is 10.8 Å². The van der Waals surface area contributed by atoms with E-state index in [9.17, 15) is 0 Å². The fourth-order valence-electron chi connectivity index (χ4n) is 15.6. The van der Waals surface area contributed by atoms with Gasteiger partial charge in [-0.3, -0.25) is 0 Å². The van der Waals surface area contributed by atoms with Crippen LogP contribution in [0.25, 0.3) is 66.1 Å². The number of fused-ring (bicyclic) bond motifs is 6. The van der Waals surface area contributed by atoms with Crippen LogP contribution in [0, 0.1) is 0 Å². The number of benzene rings is 15. The van der Waals surface area contributed by atoms with E-state index in [4.69, 9.17) is 0 Å². The Morgan fingerprint density at radius 2 is 0.500 bits per heavy atom. The summed E-state index contributed by atoms with van der Waals surface area (Å²) in [5.74, 6) is 0. The van der Waals surface area contributed by atoms with E-state index >= 15 is 0 Å². The molecule has 0 aliphatic carbocycles. The summed E-state index contributed by atoms with van der Waals surface area (Å²) in [5.41, 5.74) is 24.4. The Hall–Kier alpha value is -11.6. The lowest BCUT2D eigenvalue weighted by atomic mass is 9.60. The molecule has 90 heavy (non-hydrogen) atoms.